The Morgan fingerprint density at radius 2 is 1.86 bits per heavy atom. The van der Waals surface area contributed by atoms with Crippen LogP contribution in [0.5, 0.6) is 0 Å². The van der Waals surface area contributed by atoms with E-state index in [0.717, 1.165) is 5.56 Å². The van der Waals surface area contributed by atoms with Gasteiger partial charge in [-0.15, -0.1) is 10.2 Å². The first kappa shape index (κ1) is 14.3. The first-order valence-electron chi connectivity index (χ1n) is 6.53. The van der Waals surface area contributed by atoms with Crippen LogP contribution in [-0.4, -0.2) is 26.8 Å². The maximum atomic E-state index is 11.8. The zero-order valence-electron chi connectivity index (χ0n) is 11.5. The standard InChI is InChI=1S/C15H12N4O2S/c20-13(17-12-6-8-16-9-7-12)10-22-15-19-18-14(21-15)11-4-2-1-3-5-11/h1-9H,10H2,(H,16,17,20). The molecule has 110 valence electrons. The fraction of sp³-hybridized carbons (Fsp3) is 0.0667. The molecule has 0 unspecified atom stereocenters. The summed E-state index contributed by atoms with van der Waals surface area (Å²) in [5, 5.41) is 11.0. The molecule has 0 radical (unpaired) electrons. The predicted molar refractivity (Wildman–Crippen MR) is 83.3 cm³/mol. The molecular formula is C15H12N4O2S. The van der Waals surface area contributed by atoms with Crippen molar-refractivity contribution < 1.29 is 9.21 Å². The third-order valence-corrected chi connectivity index (χ3v) is 3.54. The van der Waals surface area contributed by atoms with Gasteiger partial charge in [0.05, 0.1) is 5.75 Å². The lowest BCUT2D eigenvalue weighted by Crippen LogP contribution is -2.13. The summed E-state index contributed by atoms with van der Waals surface area (Å²) in [7, 11) is 0. The average molecular weight is 312 g/mol. The van der Waals surface area contributed by atoms with Crippen molar-refractivity contribution in [2.45, 2.75) is 5.22 Å². The van der Waals surface area contributed by atoms with E-state index in [2.05, 4.69) is 20.5 Å². The maximum Gasteiger partial charge on any atom is 0.277 e. The van der Waals surface area contributed by atoms with Gasteiger partial charge in [0.2, 0.25) is 11.8 Å². The summed E-state index contributed by atoms with van der Waals surface area (Å²) in [5.74, 6) is 0.493. The summed E-state index contributed by atoms with van der Waals surface area (Å²) < 4.78 is 5.52. The van der Waals surface area contributed by atoms with Gasteiger partial charge in [0, 0.05) is 23.6 Å². The second-order valence-electron chi connectivity index (χ2n) is 4.31. The van der Waals surface area contributed by atoms with Gasteiger partial charge in [-0.2, -0.15) is 0 Å². The van der Waals surface area contributed by atoms with Crippen molar-refractivity contribution in [2.24, 2.45) is 0 Å². The number of hydrogen-bond acceptors (Lipinski definition) is 6. The highest BCUT2D eigenvalue weighted by Crippen LogP contribution is 2.22. The van der Waals surface area contributed by atoms with Gasteiger partial charge in [0.15, 0.2) is 0 Å². The number of amides is 1. The Morgan fingerprint density at radius 1 is 1.09 bits per heavy atom. The molecule has 7 heteroatoms. The number of anilines is 1. The van der Waals surface area contributed by atoms with Crippen LogP contribution < -0.4 is 5.32 Å². The van der Waals surface area contributed by atoms with Crippen LogP contribution in [0.15, 0.2) is 64.5 Å². The molecule has 0 aliphatic heterocycles. The Kier molecular flexibility index (Phi) is 4.45. The highest BCUT2D eigenvalue weighted by Gasteiger charge is 2.11. The molecule has 0 bridgehead atoms. The molecule has 1 N–H and O–H groups in total. The molecule has 3 rings (SSSR count). The van der Waals surface area contributed by atoms with E-state index >= 15 is 0 Å². The monoisotopic (exact) mass is 312 g/mol. The van der Waals surface area contributed by atoms with E-state index in [1.807, 2.05) is 30.3 Å². The molecule has 0 atom stereocenters. The van der Waals surface area contributed by atoms with Crippen LogP contribution >= 0.6 is 11.8 Å². The molecular weight excluding hydrogens is 300 g/mol. The summed E-state index contributed by atoms with van der Waals surface area (Å²) in [6.07, 6.45) is 3.24. The summed E-state index contributed by atoms with van der Waals surface area (Å²) in [6, 6.07) is 12.9. The van der Waals surface area contributed by atoms with Gasteiger partial charge in [-0.05, 0) is 24.3 Å². The number of rotatable bonds is 5. The number of carbonyl (C=O) groups is 1. The van der Waals surface area contributed by atoms with Crippen molar-refractivity contribution in [3.8, 4) is 11.5 Å². The molecule has 0 spiro atoms. The number of thioether (sulfide) groups is 1. The Morgan fingerprint density at radius 3 is 2.64 bits per heavy atom. The van der Waals surface area contributed by atoms with Crippen molar-refractivity contribution >= 4 is 23.4 Å². The van der Waals surface area contributed by atoms with Crippen LogP contribution in [0.2, 0.25) is 0 Å². The number of nitrogens with zero attached hydrogens (tertiary/aromatic N) is 3. The minimum absolute atomic E-state index is 0.143. The molecule has 22 heavy (non-hydrogen) atoms. The third kappa shape index (κ3) is 3.70. The number of benzene rings is 1. The quantitative estimate of drug-likeness (QED) is 0.730. The van der Waals surface area contributed by atoms with Crippen LogP contribution in [0.25, 0.3) is 11.5 Å². The summed E-state index contributed by atoms with van der Waals surface area (Å²) in [6.45, 7) is 0. The smallest absolute Gasteiger partial charge is 0.277 e. The van der Waals surface area contributed by atoms with E-state index in [9.17, 15) is 4.79 Å². The Labute approximate surface area is 131 Å². The summed E-state index contributed by atoms with van der Waals surface area (Å²) in [4.78, 5) is 15.7. The minimum Gasteiger partial charge on any atom is -0.411 e. The van der Waals surface area contributed by atoms with Gasteiger partial charge in [-0.1, -0.05) is 30.0 Å². The van der Waals surface area contributed by atoms with Crippen LogP contribution in [0.3, 0.4) is 0 Å². The van der Waals surface area contributed by atoms with E-state index in [1.165, 1.54) is 11.8 Å². The molecule has 2 aromatic heterocycles. The lowest BCUT2D eigenvalue weighted by atomic mass is 10.2. The van der Waals surface area contributed by atoms with Crippen molar-refractivity contribution in [1.82, 2.24) is 15.2 Å². The van der Waals surface area contributed by atoms with Gasteiger partial charge in [-0.25, -0.2) is 0 Å². The largest absolute Gasteiger partial charge is 0.411 e. The lowest BCUT2D eigenvalue weighted by Gasteiger charge is -2.02. The van der Waals surface area contributed by atoms with Gasteiger partial charge in [-0.3, -0.25) is 9.78 Å². The number of hydrogen-bond donors (Lipinski definition) is 1. The molecule has 1 amide bonds. The molecule has 3 aromatic rings. The fourth-order valence-corrected chi connectivity index (χ4v) is 2.29. The van der Waals surface area contributed by atoms with Crippen LogP contribution in [0.4, 0.5) is 5.69 Å². The molecule has 1 aromatic carbocycles. The summed E-state index contributed by atoms with van der Waals surface area (Å²) >= 11 is 1.20. The molecule has 6 nitrogen and oxygen atoms in total. The average Bonchev–Trinajstić information content (AvgIpc) is 3.04. The first-order chi connectivity index (χ1) is 10.8. The number of pyridine rings is 1. The van der Waals surface area contributed by atoms with E-state index in [4.69, 9.17) is 4.42 Å². The van der Waals surface area contributed by atoms with Gasteiger partial charge < -0.3 is 9.73 Å². The Balaban J connectivity index is 1.56. The molecule has 0 fully saturated rings. The van der Waals surface area contributed by atoms with E-state index < -0.39 is 0 Å². The normalized spacial score (nSPS) is 10.4. The third-order valence-electron chi connectivity index (χ3n) is 2.72. The SMILES string of the molecule is O=C(CSc1nnc(-c2ccccc2)o1)Nc1ccncc1. The highest BCUT2D eigenvalue weighted by atomic mass is 32.2. The predicted octanol–water partition coefficient (Wildman–Crippen LogP) is 2.86. The van der Waals surface area contributed by atoms with Crippen molar-refractivity contribution in [2.75, 3.05) is 11.1 Å². The molecule has 2 heterocycles. The van der Waals surface area contributed by atoms with Crippen LogP contribution in [0.1, 0.15) is 0 Å². The second-order valence-corrected chi connectivity index (χ2v) is 5.24. The number of carbonyl (C=O) groups excluding carboxylic acids is 1. The molecule has 0 aliphatic rings. The first-order valence-corrected chi connectivity index (χ1v) is 7.51. The molecule has 0 saturated carbocycles. The van der Waals surface area contributed by atoms with Crippen LogP contribution in [0, 0.1) is 0 Å². The molecule has 0 aliphatic carbocycles. The second kappa shape index (κ2) is 6.86. The van der Waals surface area contributed by atoms with Crippen molar-refractivity contribution in [3.63, 3.8) is 0 Å². The Bertz CT molecular complexity index is 747. The minimum atomic E-state index is -0.143. The zero-order chi connectivity index (χ0) is 15.2. The fourth-order valence-electron chi connectivity index (χ4n) is 1.73. The van der Waals surface area contributed by atoms with Crippen molar-refractivity contribution in [3.05, 3.63) is 54.9 Å². The van der Waals surface area contributed by atoms with E-state index in [-0.39, 0.29) is 11.7 Å². The van der Waals surface area contributed by atoms with E-state index in [0.29, 0.717) is 16.8 Å². The maximum absolute atomic E-state index is 11.8. The van der Waals surface area contributed by atoms with Gasteiger partial charge in [0.25, 0.3) is 5.22 Å². The number of nitrogens with one attached hydrogen (secondary N) is 1. The van der Waals surface area contributed by atoms with Gasteiger partial charge >= 0.3 is 0 Å². The van der Waals surface area contributed by atoms with Gasteiger partial charge in [0.1, 0.15) is 0 Å². The molecule has 0 saturated heterocycles. The number of aromatic nitrogens is 3. The lowest BCUT2D eigenvalue weighted by molar-refractivity contribution is -0.113. The highest BCUT2D eigenvalue weighted by molar-refractivity contribution is 7.99. The zero-order valence-corrected chi connectivity index (χ0v) is 12.3. The van der Waals surface area contributed by atoms with Crippen LogP contribution in [-0.2, 0) is 4.79 Å². The van der Waals surface area contributed by atoms with Crippen molar-refractivity contribution in [1.29, 1.82) is 0 Å². The van der Waals surface area contributed by atoms with E-state index in [1.54, 1.807) is 24.5 Å². The Hall–Kier alpha value is -2.67. The topological polar surface area (TPSA) is 80.9 Å². The summed E-state index contributed by atoms with van der Waals surface area (Å²) in [5.41, 5.74) is 1.55.